The number of rotatable bonds is 3. The third-order valence-electron chi connectivity index (χ3n) is 4.04. The van der Waals surface area contributed by atoms with Gasteiger partial charge in [-0.15, -0.1) is 0 Å². The van der Waals surface area contributed by atoms with E-state index in [1.165, 1.54) is 5.56 Å². The summed E-state index contributed by atoms with van der Waals surface area (Å²) in [4.78, 5) is 18.7. The van der Waals surface area contributed by atoms with Gasteiger partial charge in [0.1, 0.15) is 6.04 Å². The number of H-pyrrole nitrogens is 1. The van der Waals surface area contributed by atoms with Crippen LogP contribution < -0.4 is 5.32 Å². The van der Waals surface area contributed by atoms with Gasteiger partial charge in [0.2, 0.25) is 0 Å². The predicted molar refractivity (Wildman–Crippen MR) is 79.2 cm³/mol. The Morgan fingerprint density at radius 2 is 2.05 bits per heavy atom. The van der Waals surface area contributed by atoms with E-state index in [0.29, 0.717) is 12.3 Å². The summed E-state index contributed by atoms with van der Waals surface area (Å²) in [5.74, 6) is -0.356. The van der Waals surface area contributed by atoms with Crippen molar-refractivity contribution in [2.24, 2.45) is 0 Å². The molecule has 1 aliphatic rings. The van der Waals surface area contributed by atoms with Crippen LogP contribution in [0.3, 0.4) is 0 Å². The Labute approximate surface area is 123 Å². The van der Waals surface area contributed by atoms with Gasteiger partial charge in [0, 0.05) is 12.1 Å². The normalized spacial score (nSPS) is 21.3. The number of benzene rings is 1. The van der Waals surface area contributed by atoms with E-state index in [4.69, 9.17) is 0 Å². The zero-order valence-corrected chi connectivity index (χ0v) is 12.1. The number of nitrogens with zero attached hydrogens (tertiary/aromatic N) is 1. The van der Waals surface area contributed by atoms with Gasteiger partial charge in [-0.2, -0.15) is 0 Å². The van der Waals surface area contributed by atoms with Gasteiger partial charge in [-0.1, -0.05) is 38.1 Å². The fourth-order valence-corrected chi connectivity index (χ4v) is 2.77. The lowest BCUT2D eigenvalue weighted by molar-refractivity contribution is -0.139. The molecule has 2 aromatic rings. The fourth-order valence-electron chi connectivity index (χ4n) is 2.77. The van der Waals surface area contributed by atoms with E-state index in [2.05, 4.69) is 53.4 Å². The Kier molecular flexibility index (Phi) is 3.51. The Balaban J connectivity index is 1.95. The molecule has 110 valence electrons. The number of aromatic nitrogens is 2. The SMILES string of the molecule is CC(C)c1ccc([C@H]2N[C@@H](C(=O)O)Cc3[nH]cnc32)cc1. The van der Waals surface area contributed by atoms with Gasteiger partial charge in [0.15, 0.2) is 0 Å². The molecule has 21 heavy (non-hydrogen) atoms. The zero-order valence-electron chi connectivity index (χ0n) is 12.1. The van der Waals surface area contributed by atoms with E-state index < -0.39 is 12.0 Å². The van der Waals surface area contributed by atoms with Crippen molar-refractivity contribution in [2.45, 2.75) is 38.3 Å². The molecule has 0 saturated carbocycles. The number of imidazole rings is 1. The van der Waals surface area contributed by atoms with E-state index in [9.17, 15) is 9.90 Å². The van der Waals surface area contributed by atoms with Crippen LogP contribution in [-0.4, -0.2) is 27.1 Å². The lowest BCUT2D eigenvalue weighted by Crippen LogP contribution is -2.45. The minimum Gasteiger partial charge on any atom is -0.480 e. The van der Waals surface area contributed by atoms with E-state index in [0.717, 1.165) is 17.0 Å². The molecule has 3 rings (SSSR count). The fraction of sp³-hybridized carbons (Fsp3) is 0.375. The quantitative estimate of drug-likeness (QED) is 0.808. The van der Waals surface area contributed by atoms with Gasteiger partial charge in [0.25, 0.3) is 0 Å². The van der Waals surface area contributed by atoms with Crippen LogP contribution in [0.15, 0.2) is 30.6 Å². The highest BCUT2D eigenvalue weighted by Gasteiger charge is 2.33. The molecular formula is C16H19N3O2. The van der Waals surface area contributed by atoms with Crippen molar-refractivity contribution in [3.8, 4) is 0 Å². The summed E-state index contributed by atoms with van der Waals surface area (Å²) < 4.78 is 0. The standard InChI is InChI=1S/C16H19N3O2/c1-9(2)10-3-5-11(6-4-10)14-15-12(17-8-18-15)7-13(19-14)16(20)21/h3-6,8-9,13-14,19H,7H2,1-2H3,(H,17,18)(H,20,21)/t13-,14-/m1/s1. The molecule has 1 aromatic carbocycles. The van der Waals surface area contributed by atoms with Gasteiger partial charge in [0.05, 0.1) is 18.1 Å². The van der Waals surface area contributed by atoms with Crippen molar-refractivity contribution in [3.05, 3.63) is 53.1 Å². The molecule has 0 amide bonds. The van der Waals surface area contributed by atoms with Gasteiger partial charge < -0.3 is 10.1 Å². The number of nitrogens with one attached hydrogen (secondary N) is 2. The molecule has 0 spiro atoms. The summed E-state index contributed by atoms with van der Waals surface area (Å²) >= 11 is 0. The molecule has 0 unspecified atom stereocenters. The van der Waals surface area contributed by atoms with Gasteiger partial charge in [-0.05, 0) is 17.0 Å². The average molecular weight is 285 g/mol. The summed E-state index contributed by atoms with van der Waals surface area (Å²) in [5, 5.41) is 12.5. The lowest BCUT2D eigenvalue weighted by Gasteiger charge is -2.28. The highest BCUT2D eigenvalue weighted by atomic mass is 16.4. The average Bonchev–Trinajstić information content (AvgIpc) is 2.94. The van der Waals surface area contributed by atoms with Crippen LogP contribution in [0.4, 0.5) is 0 Å². The third kappa shape index (κ3) is 2.56. The monoisotopic (exact) mass is 285 g/mol. The summed E-state index contributed by atoms with van der Waals surface area (Å²) in [5.41, 5.74) is 4.11. The van der Waals surface area contributed by atoms with Crippen LogP contribution in [0, 0.1) is 0 Å². The van der Waals surface area contributed by atoms with Crippen molar-refractivity contribution in [1.82, 2.24) is 15.3 Å². The Morgan fingerprint density at radius 1 is 1.33 bits per heavy atom. The molecular weight excluding hydrogens is 266 g/mol. The molecule has 3 N–H and O–H groups in total. The summed E-state index contributed by atoms with van der Waals surface area (Å²) in [6.45, 7) is 4.31. The molecule has 5 heteroatoms. The number of aromatic amines is 1. The molecule has 0 bridgehead atoms. The largest absolute Gasteiger partial charge is 0.480 e. The van der Waals surface area contributed by atoms with Crippen LogP contribution in [0.1, 0.15) is 48.3 Å². The second kappa shape index (κ2) is 5.33. The molecule has 1 aromatic heterocycles. The van der Waals surface area contributed by atoms with Crippen LogP contribution in [-0.2, 0) is 11.2 Å². The van der Waals surface area contributed by atoms with Crippen LogP contribution >= 0.6 is 0 Å². The maximum Gasteiger partial charge on any atom is 0.321 e. The smallest absolute Gasteiger partial charge is 0.321 e. The van der Waals surface area contributed by atoms with Crippen LogP contribution in [0.25, 0.3) is 0 Å². The molecule has 0 radical (unpaired) electrons. The predicted octanol–water partition coefficient (Wildman–Crippen LogP) is 2.22. The Bertz CT molecular complexity index is 646. The number of carboxylic acid groups (broad SMARTS) is 1. The van der Waals surface area contributed by atoms with Crippen LogP contribution in [0.5, 0.6) is 0 Å². The summed E-state index contributed by atoms with van der Waals surface area (Å²) in [6, 6.07) is 7.53. The van der Waals surface area contributed by atoms with E-state index in [1.54, 1.807) is 6.33 Å². The minimum absolute atomic E-state index is 0.178. The number of carbonyl (C=O) groups is 1. The van der Waals surface area contributed by atoms with E-state index in [1.807, 2.05) is 0 Å². The first-order valence-electron chi connectivity index (χ1n) is 7.17. The third-order valence-corrected chi connectivity index (χ3v) is 4.04. The van der Waals surface area contributed by atoms with Gasteiger partial charge in [-0.25, -0.2) is 4.98 Å². The minimum atomic E-state index is -0.834. The van der Waals surface area contributed by atoms with Crippen molar-refractivity contribution >= 4 is 5.97 Å². The highest BCUT2D eigenvalue weighted by Crippen LogP contribution is 2.29. The van der Waals surface area contributed by atoms with E-state index in [-0.39, 0.29) is 6.04 Å². The number of hydrogen-bond donors (Lipinski definition) is 3. The van der Waals surface area contributed by atoms with Crippen molar-refractivity contribution < 1.29 is 9.90 Å². The zero-order chi connectivity index (χ0) is 15.0. The van der Waals surface area contributed by atoms with Crippen molar-refractivity contribution in [2.75, 3.05) is 0 Å². The van der Waals surface area contributed by atoms with Gasteiger partial charge in [-0.3, -0.25) is 10.1 Å². The van der Waals surface area contributed by atoms with Gasteiger partial charge >= 0.3 is 5.97 Å². The molecule has 2 atom stereocenters. The number of hydrogen-bond acceptors (Lipinski definition) is 3. The molecule has 2 heterocycles. The Morgan fingerprint density at radius 3 is 2.67 bits per heavy atom. The first-order chi connectivity index (χ1) is 10.1. The van der Waals surface area contributed by atoms with Crippen molar-refractivity contribution in [3.63, 3.8) is 0 Å². The maximum absolute atomic E-state index is 11.3. The number of fused-ring (bicyclic) bond motifs is 1. The highest BCUT2D eigenvalue weighted by molar-refractivity contribution is 5.74. The first-order valence-corrected chi connectivity index (χ1v) is 7.17. The van der Waals surface area contributed by atoms with E-state index >= 15 is 0 Å². The molecule has 0 saturated heterocycles. The second-order valence-electron chi connectivity index (χ2n) is 5.78. The second-order valence-corrected chi connectivity index (χ2v) is 5.78. The molecule has 5 nitrogen and oxygen atoms in total. The maximum atomic E-state index is 11.3. The summed E-state index contributed by atoms with van der Waals surface area (Å²) in [7, 11) is 0. The first kappa shape index (κ1) is 13.8. The Hall–Kier alpha value is -2.14. The van der Waals surface area contributed by atoms with Crippen molar-refractivity contribution in [1.29, 1.82) is 0 Å². The number of aliphatic carboxylic acids is 1. The molecule has 1 aliphatic heterocycles. The number of carboxylic acids is 1. The molecule has 0 aliphatic carbocycles. The molecule has 0 fully saturated rings. The lowest BCUT2D eigenvalue weighted by atomic mass is 9.92. The van der Waals surface area contributed by atoms with Crippen LogP contribution in [0.2, 0.25) is 0 Å². The summed E-state index contributed by atoms with van der Waals surface area (Å²) in [6.07, 6.45) is 2.07. The topological polar surface area (TPSA) is 78.0 Å².